The summed E-state index contributed by atoms with van der Waals surface area (Å²) >= 11 is 1.34. The molecule has 3 unspecified atom stereocenters. The van der Waals surface area contributed by atoms with Crippen LogP contribution >= 0.6 is 11.8 Å². The number of rotatable bonds is 6. The van der Waals surface area contributed by atoms with E-state index in [1.807, 2.05) is 6.92 Å². The van der Waals surface area contributed by atoms with Crippen molar-refractivity contribution in [2.75, 3.05) is 0 Å². The summed E-state index contributed by atoms with van der Waals surface area (Å²) in [5, 5.41) is 14.9. The molecule has 0 amide bonds. The van der Waals surface area contributed by atoms with E-state index in [-0.39, 0.29) is 10.8 Å². The molecule has 2 N–H and O–H groups in total. The Morgan fingerprint density at radius 1 is 1.33 bits per heavy atom. The first-order valence-electron chi connectivity index (χ1n) is 7.19. The van der Waals surface area contributed by atoms with E-state index < -0.39 is 23.8 Å². The van der Waals surface area contributed by atoms with Crippen molar-refractivity contribution in [3.8, 4) is 0 Å². The average molecular weight is 351 g/mol. The fourth-order valence-electron chi connectivity index (χ4n) is 2.51. The van der Waals surface area contributed by atoms with Gasteiger partial charge in [-0.2, -0.15) is 5.10 Å². The molecule has 0 aliphatic rings. The van der Waals surface area contributed by atoms with Crippen LogP contribution in [-0.2, 0) is 0 Å². The largest absolute Gasteiger partial charge is 0.371 e. The van der Waals surface area contributed by atoms with Crippen LogP contribution in [0.4, 0.5) is 8.78 Å². The highest BCUT2D eigenvalue weighted by Crippen LogP contribution is 2.39. The zero-order chi connectivity index (χ0) is 17.1. The van der Waals surface area contributed by atoms with Crippen LogP contribution in [0.5, 0.6) is 0 Å². The third kappa shape index (κ3) is 3.46. The molecule has 0 bridgehead atoms. The molecule has 3 rings (SSSR count). The van der Waals surface area contributed by atoms with E-state index in [0.717, 1.165) is 6.07 Å². The normalized spacial score (nSPS) is 15.2. The van der Waals surface area contributed by atoms with Gasteiger partial charge in [0.15, 0.2) is 11.4 Å². The van der Waals surface area contributed by atoms with Gasteiger partial charge in [-0.15, -0.1) is 0 Å². The van der Waals surface area contributed by atoms with Crippen molar-refractivity contribution >= 4 is 11.8 Å². The second-order valence-electron chi connectivity index (χ2n) is 5.20. The van der Waals surface area contributed by atoms with Crippen LogP contribution in [-0.4, -0.2) is 35.1 Å². The van der Waals surface area contributed by atoms with Crippen molar-refractivity contribution in [1.29, 1.82) is 0 Å². The van der Waals surface area contributed by atoms with Gasteiger partial charge >= 0.3 is 0 Å². The third-order valence-corrected chi connectivity index (χ3v) is 4.74. The smallest absolute Gasteiger partial charge is 0.165 e. The van der Waals surface area contributed by atoms with E-state index in [9.17, 15) is 13.9 Å². The van der Waals surface area contributed by atoms with E-state index in [2.05, 4.69) is 20.1 Å². The second kappa shape index (κ2) is 7.10. The summed E-state index contributed by atoms with van der Waals surface area (Å²) in [7, 11) is 0. The minimum Gasteiger partial charge on any atom is -0.371 e. The van der Waals surface area contributed by atoms with Crippen molar-refractivity contribution < 1.29 is 13.9 Å². The lowest BCUT2D eigenvalue weighted by atomic mass is 9.93. The van der Waals surface area contributed by atoms with Gasteiger partial charge in [0.05, 0.1) is 0 Å². The van der Waals surface area contributed by atoms with Gasteiger partial charge in [-0.05, 0) is 11.6 Å². The summed E-state index contributed by atoms with van der Waals surface area (Å²) in [6, 6.07) is 3.32. The Morgan fingerprint density at radius 3 is 2.79 bits per heavy atom. The Hall–Kier alpha value is -2.26. The number of benzene rings is 1. The second-order valence-corrected chi connectivity index (χ2v) is 6.56. The first-order valence-corrected chi connectivity index (χ1v) is 8.07. The number of nitrogens with zero attached hydrogens (tertiary/aromatic N) is 4. The number of aromatic nitrogens is 5. The van der Waals surface area contributed by atoms with Crippen LogP contribution in [0.3, 0.4) is 0 Å². The lowest BCUT2D eigenvalue weighted by Crippen LogP contribution is -2.26. The molecule has 126 valence electrons. The Labute approximate surface area is 141 Å². The molecule has 24 heavy (non-hydrogen) atoms. The predicted octanol–water partition coefficient (Wildman–Crippen LogP) is 2.73. The molecule has 3 atom stereocenters. The topological polar surface area (TPSA) is 79.6 Å². The van der Waals surface area contributed by atoms with Gasteiger partial charge in [-0.25, -0.2) is 23.4 Å². The van der Waals surface area contributed by atoms with E-state index in [4.69, 9.17) is 0 Å². The van der Waals surface area contributed by atoms with Gasteiger partial charge in [-0.3, -0.25) is 0 Å². The van der Waals surface area contributed by atoms with Gasteiger partial charge in [0.25, 0.3) is 0 Å². The molecule has 2 aromatic heterocycles. The van der Waals surface area contributed by atoms with E-state index in [0.29, 0.717) is 5.16 Å². The Bertz CT molecular complexity index is 781. The van der Waals surface area contributed by atoms with Gasteiger partial charge in [-0.1, -0.05) is 24.8 Å². The lowest BCUT2D eigenvalue weighted by molar-refractivity contribution is 0.0599. The number of imidazole rings is 1. The molecule has 0 saturated heterocycles. The van der Waals surface area contributed by atoms with Crippen LogP contribution in [0, 0.1) is 11.6 Å². The molecular weight excluding hydrogens is 336 g/mol. The summed E-state index contributed by atoms with van der Waals surface area (Å²) in [6.45, 7) is 1.83. The molecule has 2 heterocycles. The number of hydrogen-bond donors (Lipinski definition) is 2. The molecule has 0 saturated carbocycles. The summed E-state index contributed by atoms with van der Waals surface area (Å²) in [6.07, 6.45) is 4.76. The highest BCUT2D eigenvalue weighted by molar-refractivity contribution is 7.99. The highest BCUT2D eigenvalue weighted by atomic mass is 32.2. The summed E-state index contributed by atoms with van der Waals surface area (Å²) in [5.41, 5.74) is 0.200. The van der Waals surface area contributed by atoms with Crippen molar-refractivity contribution in [2.24, 2.45) is 0 Å². The quantitative estimate of drug-likeness (QED) is 0.668. The summed E-state index contributed by atoms with van der Waals surface area (Å²) in [4.78, 5) is 10.9. The first kappa shape index (κ1) is 16.6. The predicted molar refractivity (Wildman–Crippen MR) is 84.3 cm³/mol. The van der Waals surface area contributed by atoms with Gasteiger partial charge in [0.2, 0.25) is 0 Å². The minimum atomic E-state index is -1.16. The fourth-order valence-corrected chi connectivity index (χ4v) is 3.55. The molecule has 3 aromatic rings. The van der Waals surface area contributed by atoms with Crippen LogP contribution in [0.25, 0.3) is 0 Å². The zero-order valence-electron chi connectivity index (χ0n) is 12.7. The van der Waals surface area contributed by atoms with Crippen LogP contribution in [0.2, 0.25) is 0 Å². The number of hydrogen-bond acceptors (Lipinski definition) is 5. The van der Waals surface area contributed by atoms with Gasteiger partial charge in [0, 0.05) is 29.6 Å². The first-order chi connectivity index (χ1) is 11.6. The maximum absolute atomic E-state index is 14.3. The SMILES string of the molecule is CC(Sc1ncc[nH]1)C(c1ccc(F)cc1F)C(O)n1cncn1. The molecule has 0 aliphatic carbocycles. The van der Waals surface area contributed by atoms with Gasteiger partial charge < -0.3 is 10.1 Å². The molecule has 6 nitrogen and oxygen atoms in total. The van der Waals surface area contributed by atoms with Crippen LogP contribution in [0.15, 0.2) is 48.4 Å². The zero-order valence-corrected chi connectivity index (χ0v) is 13.5. The number of aromatic amines is 1. The Balaban J connectivity index is 1.96. The van der Waals surface area contributed by atoms with Crippen molar-refractivity contribution in [3.05, 3.63) is 60.4 Å². The monoisotopic (exact) mass is 351 g/mol. The molecule has 0 spiro atoms. The molecule has 0 fully saturated rings. The Morgan fingerprint density at radius 2 is 2.17 bits per heavy atom. The highest BCUT2D eigenvalue weighted by Gasteiger charge is 2.32. The summed E-state index contributed by atoms with van der Waals surface area (Å²) in [5.74, 6) is -2.08. The van der Waals surface area contributed by atoms with Crippen molar-refractivity contribution in [2.45, 2.75) is 29.5 Å². The number of aliphatic hydroxyl groups excluding tert-OH is 1. The lowest BCUT2D eigenvalue weighted by Gasteiger charge is -2.28. The summed E-state index contributed by atoms with van der Waals surface area (Å²) < 4.78 is 28.8. The minimum absolute atomic E-state index is 0.200. The van der Waals surface area contributed by atoms with Crippen LogP contribution in [0.1, 0.15) is 24.6 Å². The average Bonchev–Trinajstić information content (AvgIpc) is 3.22. The van der Waals surface area contributed by atoms with Crippen molar-refractivity contribution in [3.63, 3.8) is 0 Å². The number of thioether (sulfide) groups is 1. The third-order valence-electron chi connectivity index (χ3n) is 3.63. The maximum atomic E-state index is 14.3. The number of H-pyrrole nitrogens is 1. The molecule has 0 radical (unpaired) electrons. The van der Waals surface area contributed by atoms with E-state index in [1.165, 1.54) is 41.2 Å². The van der Waals surface area contributed by atoms with Crippen LogP contribution < -0.4 is 0 Å². The van der Waals surface area contributed by atoms with Gasteiger partial charge in [0.1, 0.15) is 24.3 Å². The van der Waals surface area contributed by atoms with E-state index >= 15 is 0 Å². The molecular formula is C15H15F2N5OS. The standard InChI is InChI=1S/C15H15F2N5OS/c1-9(24-15-19-4-5-20-15)13(14(23)22-8-18-7-21-22)11-3-2-10(16)6-12(11)17/h2-9,13-14,23H,1H3,(H,19,20). The molecule has 1 aromatic carbocycles. The molecule has 9 heteroatoms. The molecule has 0 aliphatic heterocycles. The maximum Gasteiger partial charge on any atom is 0.165 e. The Kier molecular flexibility index (Phi) is 4.91. The number of aliphatic hydroxyl groups is 1. The van der Waals surface area contributed by atoms with Crippen molar-refractivity contribution in [1.82, 2.24) is 24.7 Å². The van der Waals surface area contributed by atoms with E-state index in [1.54, 1.807) is 12.4 Å². The fraction of sp³-hybridized carbons (Fsp3) is 0.267. The number of nitrogens with one attached hydrogen (secondary N) is 1. The number of halogens is 2.